The number of rotatable bonds is 2. The molecule has 2 aromatic heterocycles. The van der Waals surface area contributed by atoms with Crippen molar-refractivity contribution in [1.29, 1.82) is 0 Å². The van der Waals surface area contributed by atoms with E-state index in [2.05, 4.69) is 29.6 Å². The van der Waals surface area contributed by atoms with Crippen LogP contribution in [0.5, 0.6) is 0 Å². The van der Waals surface area contributed by atoms with E-state index in [1.807, 2.05) is 19.3 Å². The van der Waals surface area contributed by atoms with Gasteiger partial charge in [0.05, 0.1) is 0 Å². The van der Waals surface area contributed by atoms with Crippen molar-refractivity contribution in [3.63, 3.8) is 0 Å². The molecule has 4 heterocycles. The van der Waals surface area contributed by atoms with Crippen LogP contribution in [0.15, 0.2) is 12.4 Å². The summed E-state index contributed by atoms with van der Waals surface area (Å²) in [6.07, 6.45) is 11.0. The molecule has 23 heavy (non-hydrogen) atoms. The van der Waals surface area contributed by atoms with Crippen molar-refractivity contribution in [3.8, 4) is 0 Å². The molecule has 1 atom stereocenters. The van der Waals surface area contributed by atoms with Crippen LogP contribution in [0.4, 0.5) is 5.95 Å². The first-order chi connectivity index (χ1) is 11.3. The Hall–Kier alpha value is -1.98. The molecule has 2 aliphatic heterocycles. The molecular weight excluding hydrogens is 288 g/mol. The Morgan fingerprint density at radius 1 is 1.00 bits per heavy atom. The summed E-state index contributed by atoms with van der Waals surface area (Å²) in [4.78, 5) is 11.3. The van der Waals surface area contributed by atoms with E-state index in [9.17, 15) is 0 Å². The van der Waals surface area contributed by atoms with Crippen LogP contribution in [-0.4, -0.2) is 37.8 Å². The molecular formula is C17H24N6. The van der Waals surface area contributed by atoms with E-state index in [0.29, 0.717) is 5.92 Å². The third-order valence-corrected chi connectivity index (χ3v) is 4.97. The third kappa shape index (κ3) is 2.94. The Bertz CT molecular complexity index is 662. The van der Waals surface area contributed by atoms with Crippen molar-refractivity contribution in [3.05, 3.63) is 29.6 Å². The van der Waals surface area contributed by atoms with Crippen LogP contribution >= 0.6 is 0 Å². The lowest BCUT2D eigenvalue weighted by Gasteiger charge is -2.32. The molecule has 2 aromatic rings. The van der Waals surface area contributed by atoms with Gasteiger partial charge in [-0.1, -0.05) is 6.42 Å². The average Bonchev–Trinajstić information content (AvgIpc) is 2.84. The van der Waals surface area contributed by atoms with Gasteiger partial charge in [0.25, 0.3) is 0 Å². The van der Waals surface area contributed by atoms with Gasteiger partial charge in [-0.25, -0.2) is 9.97 Å². The van der Waals surface area contributed by atoms with Gasteiger partial charge >= 0.3 is 0 Å². The normalized spacial score (nSPS) is 21.8. The molecule has 0 amide bonds. The SMILES string of the molecule is Cc1cnc(N2CCCC(c3nnc4n3CCCCC4)C2)nc1. The first-order valence-corrected chi connectivity index (χ1v) is 8.77. The van der Waals surface area contributed by atoms with Gasteiger partial charge in [0.15, 0.2) is 0 Å². The number of piperidine rings is 1. The molecule has 1 unspecified atom stereocenters. The number of aromatic nitrogens is 5. The van der Waals surface area contributed by atoms with E-state index in [4.69, 9.17) is 0 Å². The van der Waals surface area contributed by atoms with Crippen LogP contribution in [0.1, 0.15) is 55.2 Å². The molecule has 122 valence electrons. The second-order valence-electron chi connectivity index (χ2n) is 6.78. The molecule has 0 N–H and O–H groups in total. The Balaban J connectivity index is 1.55. The number of fused-ring (bicyclic) bond motifs is 1. The van der Waals surface area contributed by atoms with Crippen LogP contribution in [0, 0.1) is 6.92 Å². The fraction of sp³-hybridized carbons (Fsp3) is 0.647. The minimum absolute atomic E-state index is 0.438. The van der Waals surface area contributed by atoms with Gasteiger partial charge < -0.3 is 9.47 Å². The summed E-state index contributed by atoms with van der Waals surface area (Å²) in [5, 5.41) is 9.02. The number of anilines is 1. The summed E-state index contributed by atoms with van der Waals surface area (Å²) in [5.41, 5.74) is 1.10. The van der Waals surface area contributed by atoms with Gasteiger partial charge in [-0.2, -0.15) is 0 Å². The van der Waals surface area contributed by atoms with Crippen molar-refractivity contribution in [2.75, 3.05) is 18.0 Å². The van der Waals surface area contributed by atoms with Gasteiger partial charge in [-0.3, -0.25) is 0 Å². The number of nitrogens with zero attached hydrogens (tertiary/aromatic N) is 6. The summed E-state index contributed by atoms with van der Waals surface area (Å²) >= 11 is 0. The Kier molecular flexibility index (Phi) is 3.97. The first-order valence-electron chi connectivity index (χ1n) is 8.77. The first kappa shape index (κ1) is 14.6. The minimum atomic E-state index is 0.438. The maximum atomic E-state index is 4.55. The van der Waals surface area contributed by atoms with Crippen LogP contribution in [0.25, 0.3) is 0 Å². The number of aryl methyl sites for hydroxylation is 2. The molecule has 0 radical (unpaired) electrons. The van der Waals surface area contributed by atoms with E-state index in [0.717, 1.165) is 44.0 Å². The maximum absolute atomic E-state index is 4.55. The van der Waals surface area contributed by atoms with Crippen LogP contribution in [0.2, 0.25) is 0 Å². The van der Waals surface area contributed by atoms with Crippen molar-refractivity contribution < 1.29 is 0 Å². The Morgan fingerprint density at radius 2 is 1.87 bits per heavy atom. The summed E-state index contributed by atoms with van der Waals surface area (Å²) in [6.45, 7) is 5.07. The standard InChI is InChI=1S/C17H24N6/c1-13-10-18-17(19-11-13)22-8-5-6-14(12-22)16-21-20-15-7-3-2-4-9-23(15)16/h10-11,14H,2-9,12H2,1H3. The maximum Gasteiger partial charge on any atom is 0.225 e. The lowest BCUT2D eigenvalue weighted by atomic mass is 9.97. The summed E-state index contributed by atoms with van der Waals surface area (Å²) in [5.74, 6) is 3.64. The van der Waals surface area contributed by atoms with E-state index in [-0.39, 0.29) is 0 Å². The smallest absolute Gasteiger partial charge is 0.225 e. The largest absolute Gasteiger partial charge is 0.340 e. The zero-order valence-electron chi connectivity index (χ0n) is 13.8. The van der Waals surface area contributed by atoms with Crippen molar-refractivity contribution in [2.24, 2.45) is 0 Å². The van der Waals surface area contributed by atoms with E-state index >= 15 is 0 Å². The zero-order chi connectivity index (χ0) is 15.6. The van der Waals surface area contributed by atoms with E-state index in [1.165, 1.54) is 37.3 Å². The highest BCUT2D eigenvalue weighted by Gasteiger charge is 2.28. The highest BCUT2D eigenvalue weighted by atomic mass is 15.3. The topological polar surface area (TPSA) is 59.7 Å². The molecule has 1 fully saturated rings. The third-order valence-electron chi connectivity index (χ3n) is 4.97. The lowest BCUT2D eigenvalue weighted by molar-refractivity contribution is 0.461. The molecule has 0 aromatic carbocycles. The number of hydrogen-bond acceptors (Lipinski definition) is 5. The monoisotopic (exact) mass is 312 g/mol. The number of hydrogen-bond donors (Lipinski definition) is 0. The molecule has 0 saturated carbocycles. The van der Waals surface area contributed by atoms with Gasteiger partial charge in [-0.15, -0.1) is 10.2 Å². The molecule has 0 bridgehead atoms. The second-order valence-corrected chi connectivity index (χ2v) is 6.78. The summed E-state index contributed by atoms with van der Waals surface area (Å²) < 4.78 is 2.39. The van der Waals surface area contributed by atoms with Gasteiger partial charge in [-0.05, 0) is 38.2 Å². The quantitative estimate of drug-likeness (QED) is 0.852. The van der Waals surface area contributed by atoms with Gasteiger partial charge in [0.2, 0.25) is 5.95 Å². The predicted octanol–water partition coefficient (Wildman–Crippen LogP) is 2.49. The molecule has 1 saturated heterocycles. The summed E-state index contributed by atoms with van der Waals surface area (Å²) in [6, 6.07) is 0. The lowest BCUT2D eigenvalue weighted by Crippen LogP contribution is -2.36. The zero-order valence-corrected chi connectivity index (χ0v) is 13.8. The average molecular weight is 312 g/mol. The van der Waals surface area contributed by atoms with Crippen LogP contribution in [-0.2, 0) is 13.0 Å². The highest BCUT2D eigenvalue weighted by Crippen LogP contribution is 2.29. The van der Waals surface area contributed by atoms with Crippen molar-refractivity contribution in [2.45, 2.75) is 57.9 Å². The Labute approximate surface area is 137 Å². The van der Waals surface area contributed by atoms with E-state index in [1.54, 1.807) is 0 Å². The van der Waals surface area contributed by atoms with Crippen molar-refractivity contribution >= 4 is 5.95 Å². The molecule has 0 spiro atoms. The van der Waals surface area contributed by atoms with Crippen LogP contribution < -0.4 is 4.90 Å². The van der Waals surface area contributed by atoms with E-state index < -0.39 is 0 Å². The molecule has 6 nitrogen and oxygen atoms in total. The molecule has 2 aliphatic rings. The second kappa shape index (κ2) is 6.26. The van der Waals surface area contributed by atoms with Crippen LogP contribution in [0.3, 0.4) is 0 Å². The van der Waals surface area contributed by atoms with Gasteiger partial charge in [0.1, 0.15) is 11.6 Å². The predicted molar refractivity (Wildman–Crippen MR) is 88.5 cm³/mol. The van der Waals surface area contributed by atoms with Crippen molar-refractivity contribution in [1.82, 2.24) is 24.7 Å². The fourth-order valence-electron chi connectivity index (χ4n) is 3.73. The molecule has 6 heteroatoms. The highest BCUT2D eigenvalue weighted by molar-refractivity contribution is 5.31. The molecule has 0 aliphatic carbocycles. The molecule has 4 rings (SSSR count). The van der Waals surface area contributed by atoms with Gasteiger partial charge in [0, 0.05) is 44.4 Å². The minimum Gasteiger partial charge on any atom is -0.340 e. The summed E-state index contributed by atoms with van der Waals surface area (Å²) in [7, 11) is 0. The fourth-order valence-corrected chi connectivity index (χ4v) is 3.73. The Morgan fingerprint density at radius 3 is 2.74 bits per heavy atom.